The summed E-state index contributed by atoms with van der Waals surface area (Å²) in [5.74, 6) is 0. The van der Waals surface area contributed by atoms with Gasteiger partial charge < -0.3 is 4.74 Å². The molecule has 0 bridgehead atoms. The Morgan fingerprint density at radius 3 is 2.38 bits per heavy atom. The first-order valence-corrected chi connectivity index (χ1v) is 6.62. The zero-order valence-electron chi connectivity index (χ0n) is 8.49. The zero-order valence-corrected chi connectivity index (χ0v) is 12.1. The fourth-order valence-corrected chi connectivity index (χ4v) is 1.77. The summed E-state index contributed by atoms with van der Waals surface area (Å²) in [5.41, 5.74) is 0.738. The molecule has 0 aliphatic rings. The minimum Gasteiger partial charge on any atom is -0.452 e. The zero-order chi connectivity index (χ0) is 11.3. The summed E-state index contributed by atoms with van der Waals surface area (Å²) in [6, 6.07) is 8.78. The van der Waals surface area contributed by atoms with Crippen molar-refractivity contribution in [1.82, 2.24) is 0 Å². The van der Waals surface area contributed by atoms with Gasteiger partial charge in [0.25, 0.3) is 0 Å². The molecule has 8 heteroatoms. The topological polar surface area (TPSA) is 80.7 Å². The van der Waals surface area contributed by atoms with Crippen molar-refractivity contribution in [2.24, 2.45) is 0 Å². The first kappa shape index (κ1) is 16.0. The molecule has 1 aromatic carbocycles. The van der Waals surface area contributed by atoms with E-state index in [9.17, 15) is 13.2 Å². The fourth-order valence-electron chi connectivity index (χ4n) is 0.827. The molecule has 0 fully saturated rings. The van der Waals surface area contributed by atoms with E-state index in [1.807, 2.05) is 0 Å². The number of carbonyl (C=O) groups excluding carboxylic acids is 1. The van der Waals surface area contributed by atoms with Crippen molar-refractivity contribution >= 4 is 54.8 Å². The van der Waals surface area contributed by atoms with Crippen molar-refractivity contribution in [3.8, 4) is 0 Å². The van der Waals surface area contributed by atoms with E-state index in [0.717, 1.165) is 5.56 Å². The van der Waals surface area contributed by atoms with Crippen molar-refractivity contribution in [2.75, 3.05) is 0 Å². The van der Waals surface area contributed by atoms with Crippen molar-refractivity contribution in [1.29, 1.82) is 0 Å². The van der Waals surface area contributed by atoms with Crippen molar-refractivity contribution in [3.05, 3.63) is 35.9 Å². The van der Waals surface area contributed by atoms with Gasteiger partial charge in [-0.3, -0.25) is 4.55 Å². The predicted molar refractivity (Wildman–Crippen MR) is 61.5 cm³/mol. The quantitative estimate of drug-likeness (QED) is 0.388. The average Bonchev–Trinajstić information content (AvgIpc) is 2.14. The van der Waals surface area contributed by atoms with Gasteiger partial charge in [-0.15, -0.1) is 0 Å². The van der Waals surface area contributed by atoms with Crippen molar-refractivity contribution in [2.45, 2.75) is 6.61 Å². The van der Waals surface area contributed by atoms with E-state index in [4.69, 9.17) is 4.55 Å². The molecule has 1 aromatic rings. The van der Waals surface area contributed by atoms with Gasteiger partial charge in [0.1, 0.15) is 17.4 Å². The molecule has 5 nitrogen and oxygen atoms in total. The first-order chi connectivity index (χ1) is 6.97. The molecule has 1 N–H and O–H groups in total. The van der Waals surface area contributed by atoms with Crippen LogP contribution in [-0.4, -0.2) is 47.8 Å². The van der Waals surface area contributed by atoms with E-state index in [-0.39, 0.29) is 47.0 Å². The van der Waals surface area contributed by atoms with Crippen LogP contribution in [0.15, 0.2) is 30.3 Å². The van der Waals surface area contributed by atoms with Gasteiger partial charge in [-0.05, 0) is 5.56 Å². The molecule has 0 aromatic heterocycles. The Labute approximate surface area is 119 Å². The predicted octanol–water partition coefficient (Wildman–Crippen LogP) is 1.48. The molecule has 0 spiro atoms. The molecule has 0 saturated carbocycles. The van der Waals surface area contributed by atoms with Crippen molar-refractivity contribution in [3.63, 3.8) is 0 Å². The van der Waals surface area contributed by atoms with E-state index in [2.05, 4.69) is 4.74 Å². The van der Waals surface area contributed by atoms with Gasteiger partial charge in [-0.25, -0.2) is 4.79 Å². The molecule has 0 amide bonds. The minimum absolute atomic E-state index is 0. The summed E-state index contributed by atoms with van der Waals surface area (Å²) in [6.07, 6.45) is 0. The van der Waals surface area contributed by atoms with Crippen LogP contribution >= 0.6 is 10.8 Å². The van der Waals surface area contributed by atoms with Gasteiger partial charge in [0.05, 0.1) is 0 Å². The Bertz CT molecular complexity index is 431. The van der Waals surface area contributed by atoms with Gasteiger partial charge in [0, 0.05) is 29.6 Å². The van der Waals surface area contributed by atoms with Crippen molar-refractivity contribution < 1.29 is 22.5 Å². The molecule has 1 radical (unpaired) electrons. The fraction of sp³-hybridized carbons (Fsp3) is 0.125. The summed E-state index contributed by atoms with van der Waals surface area (Å²) >= 11 is 0. The summed E-state index contributed by atoms with van der Waals surface area (Å²) in [6.45, 7) is -0.0256. The molecule has 0 aliphatic carbocycles. The SMILES string of the molecule is O=C(OCc1ccccc1)SS(=O)(=O)O.[Na]. The summed E-state index contributed by atoms with van der Waals surface area (Å²) in [5, 5.41) is -1.05. The van der Waals surface area contributed by atoms with Crippen LogP contribution in [0.3, 0.4) is 0 Å². The van der Waals surface area contributed by atoms with E-state index < -0.39 is 14.5 Å². The number of ether oxygens (including phenoxy) is 1. The van der Waals surface area contributed by atoms with E-state index in [1.165, 1.54) is 0 Å². The molecule has 0 aliphatic heterocycles. The maximum absolute atomic E-state index is 10.8. The van der Waals surface area contributed by atoms with Crippen LogP contribution in [0.1, 0.15) is 5.56 Å². The summed E-state index contributed by atoms with van der Waals surface area (Å²) < 4.78 is 33.4. The van der Waals surface area contributed by atoms with E-state index in [1.54, 1.807) is 30.3 Å². The average molecular weight is 271 g/mol. The van der Waals surface area contributed by atoms with Gasteiger partial charge in [0.15, 0.2) is 0 Å². The smallest absolute Gasteiger partial charge is 0.385 e. The normalized spacial score (nSPS) is 10.3. The monoisotopic (exact) mass is 271 g/mol. The Morgan fingerprint density at radius 1 is 1.31 bits per heavy atom. The van der Waals surface area contributed by atoms with Gasteiger partial charge >= 0.3 is 14.5 Å². The third-order valence-electron chi connectivity index (χ3n) is 1.37. The van der Waals surface area contributed by atoms with E-state index in [0.29, 0.717) is 0 Å². The van der Waals surface area contributed by atoms with Crippen LogP contribution < -0.4 is 0 Å². The number of carbonyl (C=O) groups is 1. The van der Waals surface area contributed by atoms with Crippen LogP contribution in [0, 0.1) is 0 Å². The third kappa shape index (κ3) is 7.26. The van der Waals surface area contributed by atoms with Crippen LogP contribution in [0.2, 0.25) is 0 Å². The van der Waals surface area contributed by atoms with Crippen LogP contribution in [0.4, 0.5) is 4.79 Å². The first-order valence-electron chi connectivity index (χ1n) is 3.85. The Balaban J connectivity index is 0.00000225. The van der Waals surface area contributed by atoms with Crippen LogP contribution in [-0.2, 0) is 20.5 Å². The molecule has 0 heterocycles. The van der Waals surface area contributed by atoms with Gasteiger partial charge in [-0.1, -0.05) is 30.3 Å². The maximum atomic E-state index is 10.8. The summed E-state index contributed by atoms with van der Waals surface area (Å²) in [4.78, 5) is 10.8. The molecule has 16 heavy (non-hydrogen) atoms. The van der Waals surface area contributed by atoms with Crippen LogP contribution in [0.25, 0.3) is 0 Å². The van der Waals surface area contributed by atoms with Gasteiger partial charge in [-0.2, -0.15) is 8.42 Å². The number of hydrogen-bond donors (Lipinski definition) is 1. The second-order valence-electron chi connectivity index (χ2n) is 2.54. The molecular weight excluding hydrogens is 263 g/mol. The minimum atomic E-state index is -4.39. The standard InChI is InChI=1S/C8H8O5S2.Na/c9-8(14-15(10,11)12)13-6-7-4-2-1-3-5-7;/h1-5H,6H2,(H,10,11,12);. The van der Waals surface area contributed by atoms with E-state index >= 15 is 0 Å². The maximum Gasteiger partial charge on any atom is 0.385 e. The molecule has 83 valence electrons. The molecule has 0 atom stereocenters. The number of benzene rings is 1. The van der Waals surface area contributed by atoms with Crippen LogP contribution in [0.5, 0.6) is 0 Å². The second kappa shape index (κ2) is 7.31. The Kier molecular flexibility index (Phi) is 7.29. The number of rotatable bonds is 3. The Morgan fingerprint density at radius 2 is 1.88 bits per heavy atom. The number of hydrogen-bond acceptors (Lipinski definition) is 5. The molecule has 1 rings (SSSR count). The molecular formula is C8H8NaO5S2. The second-order valence-corrected chi connectivity index (χ2v) is 5.65. The third-order valence-corrected chi connectivity index (χ3v) is 2.88. The van der Waals surface area contributed by atoms with Gasteiger partial charge in [0.2, 0.25) is 0 Å². The Hall–Kier alpha value is -0.0500. The summed E-state index contributed by atoms with van der Waals surface area (Å²) in [7, 11) is -4.64. The largest absolute Gasteiger partial charge is 0.452 e. The molecule has 0 saturated heterocycles. The molecule has 0 unspecified atom stereocenters.